The van der Waals surface area contributed by atoms with Crippen LogP contribution in [0.3, 0.4) is 0 Å². The van der Waals surface area contributed by atoms with Gasteiger partial charge in [-0.3, -0.25) is 4.79 Å². The first-order valence-electron chi connectivity index (χ1n) is 8.65. The van der Waals surface area contributed by atoms with Crippen molar-refractivity contribution >= 4 is 21.6 Å². The molecule has 27 heavy (non-hydrogen) atoms. The largest absolute Gasteiger partial charge is 0.497 e. The summed E-state index contributed by atoms with van der Waals surface area (Å²) in [6.07, 6.45) is 1.60. The van der Waals surface area contributed by atoms with Gasteiger partial charge in [0.05, 0.1) is 19.9 Å². The Balaban J connectivity index is 2.05. The zero-order valence-corrected chi connectivity index (χ0v) is 17.0. The monoisotopic (exact) mass is 390 g/mol. The van der Waals surface area contributed by atoms with Gasteiger partial charge in [0.2, 0.25) is 15.9 Å². The van der Waals surface area contributed by atoms with Crippen LogP contribution in [-0.4, -0.2) is 45.1 Å². The predicted octanol–water partition coefficient (Wildman–Crippen LogP) is 2.75. The second-order valence-corrected chi connectivity index (χ2v) is 8.48. The Morgan fingerprint density at radius 1 is 1.15 bits per heavy atom. The molecule has 0 unspecified atom stereocenters. The number of ether oxygens (including phenoxy) is 1. The highest BCUT2D eigenvalue weighted by molar-refractivity contribution is 7.88. The molecule has 7 heteroatoms. The highest BCUT2D eigenvalue weighted by Crippen LogP contribution is 2.18. The number of rotatable bonds is 8. The molecular formula is C20H26N2O4S. The summed E-state index contributed by atoms with van der Waals surface area (Å²) in [7, 11) is -1.93. The molecule has 0 radical (unpaired) electrons. The van der Waals surface area contributed by atoms with E-state index in [1.165, 1.54) is 4.31 Å². The Morgan fingerprint density at radius 2 is 1.85 bits per heavy atom. The summed E-state index contributed by atoms with van der Waals surface area (Å²) in [4.78, 5) is 12.4. The van der Waals surface area contributed by atoms with Gasteiger partial charge in [-0.25, -0.2) is 8.42 Å². The molecule has 2 rings (SSSR count). The van der Waals surface area contributed by atoms with Crippen molar-refractivity contribution in [3.8, 4) is 5.75 Å². The number of methoxy groups -OCH3 is 1. The van der Waals surface area contributed by atoms with Crippen LogP contribution in [0.2, 0.25) is 0 Å². The third-order valence-corrected chi connectivity index (χ3v) is 5.70. The molecule has 0 atom stereocenters. The Bertz CT molecular complexity index is 910. The zero-order chi connectivity index (χ0) is 20.0. The number of hydrogen-bond acceptors (Lipinski definition) is 4. The Morgan fingerprint density at radius 3 is 2.52 bits per heavy atom. The molecule has 0 aliphatic carbocycles. The van der Waals surface area contributed by atoms with Crippen molar-refractivity contribution in [3.05, 3.63) is 59.2 Å². The van der Waals surface area contributed by atoms with E-state index in [0.717, 1.165) is 22.9 Å². The van der Waals surface area contributed by atoms with Gasteiger partial charge >= 0.3 is 0 Å². The second-order valence-electron chi connectivity index (χ2n) is 6.49. The summed E-state index contributed by atoms with van der Waals surface area (Å²) in [5.74, 6) is 0.353. The summed E-state index contributed by atoms with van der Waals surface area (Å²) in [6.45, 7) is 3.87. The number of carbonyl (C=O) groups is 1. The molecule has 146 valence electrons. The average Bonchev–Trinajstić information content (AvgIpc) is 2.61. The fourth-order valence-electron chi connectivity index (χ4n) is 2.68. The van der Waals surface area contributed by atoms with E-state index in [1.807, 2.05) is 50.2 Å². The summed E-state index contributed by atoms with van der Waals surface area (Å²) in [5, 5.41) is 2.80. The van der Waals surface area contributed by atoms with E-state index in [-0.39, 0.29) is 19.0 Å². The van der Waals surface area contributed by atoms with Gasteiger partial charge in [0.1, 0.15) is 5.75 Å². The lowest BCUT2D eigenvalue weighted by Gasteiger charge is -2.20. The van der Waals surface area contributed by atoms with Crippen LogP contribution in [0.25, 0.3) is 0 Å². The van der Waals surface area contributed by atoms with E-state index in [2.05, 4.69) is 5.32 Å². The molecule has 6 nitrogen and oxygen atoms in total. The summed E-state index contributed by atoms with van der Waals surface area (Å²) >= 11 is 0. The normalized spacial score (nSPS) is 11.4. The standard InChI is InChI=1S/C20H26N2O4S/c1-15-7-5-10-19(16(15)2)21-20(23)14-22(27(4,24)25)12-11-17-8-6-9-18(13-17)26-3/h5-10,13H,11-12,14H2,1-4H3,(H,21,23). The second kappa shape index (κ2) is 9.01. The fraction of sp³-hybridized carbons (Fsp3) is 0.350. The van der Waals surface area contributed by atoms with Gasteiger partial charge in [-0.1, -0.05) is 24.3 Å². The highest BCUT2D eigenvalue weighted by atomic mass is 32.2. The quantitative estimate of drug-likeness (QED) is 0.752. The summed E-state index contributed by atoms with van der Waals surface area (Å²) < 4.78 is 30.6. The summed E-state index contributed by atoms with van der Waals surface area (Å²) in [5.41, 5.74) is 3.66. The number of nitrogens with zero attached hydrogens (tertiary/aromatic N) is 1. The topological polar surface area (TPSA) is 75.7 Å². The lowest BCUT2D eigenvalue weighted by molar-refractivity contribution is -0.116. The van der Waals surface area contributed by atoms with Gasteiger partial charge < -0.3 is 10.1 Å². The number of anilines is 1. The van der Waals surface area contributed by atoms with E-state index >= 15 is 0 Å². The molecule has 1 N–H and O–H groups in total. The predicted molar refractivity (Wildman–Crippen MR) is 108 cm³/mol. The maximum Gasteiger partial charge on any atom is 0.239 e. The van der Waals surface area contributed by atoms with E-state index in [4.69, 9.17) is 4.74 Å². The van der Waals surface area contributed by atoms with E-state index in [9.17, 15) is 13.2 Å². The molecule has 0 bridgehead atoms. The maximum absolute atomic E-state index is 12.4. The van der Waals surface area contributed by atoms with Crippen molar-refractivity contribution in [2.24, 2.45) is 0 Å². The molecule has 0 saturated heterocycles. The minimum absolute atomic E-state index is 0.215. The lowest BCUT2D eigenvalue weighted by Crippen LogP contribution is -2.38. The van der Waals surface area contributed by atoms with Gasteiger partial charge in [0.15, 0.2) is 0 Å². The lowest BCUT2D eigenvalue weighted by atomic mass is 10.1. The number of aryl methyl sites for hydroxylation is 1. The Labute approximate surface area is 161 Å². The maximum atomic E-state index is 12.4. The SMILES string of the molecule is COc1cccc(CCN(CC(=O)Nc2cccc(C)c2C)S(C)(=O)=O)c1. The molecule has 0 fully saturated rings. The van der Waals surface area contributed by atoms with Crippen molar-refractivity contribution in [2.45, 2.75) is 20.3 Å². The van der Waals surface area contributed by atoms with Crippen LogP contribution in [0.1, 0.15) is 16.7 Å². The van der Waals surface area contributed by atoms with Crippen LogP contribution in [0.4, 0.5) is 5.69 Å². The van der Waals surface area contributed by atoms with Gasteiger partial charge in [0, 0.05) is 12.2 Å². The number of nitrogens with one attached hydrogen (secondary N) is 1. The first-order valence-corrected chi connectivity index (χ1v) is 10.5. The number of sulfonamides is 1. The minimum Gasteiger partial charge on any atom is -0.497 e. The molecule has 2 aromatic rings. The van der Waals surface area contributed by atoms with Crippen LogP contribution in [0, 0.1) is 13.8 Å². The molecule has 0 spiro atoms. The van der Waals surface area contributed by atoms with Crippen molar-refractivity contribution in [1.82, 2.24) is 4.31 Å². The zero-order valence-electron chi connectivity index (χ0n) is 16.2. The van der Waals surface area contributed by atoms with Crippen LogP contribution >= 0.6 is 0 Å². The highest BCUT2D eigenvalue weighted by Gasteiger charge is 2.20. The van der Waals surface area contributed by atoms with E-state index in [0.29, 0.717) is 17.9 Å². The Hall–Kier alpha value is -2.38. The molecule has 0 heterocycles. The van der Waals surface area contributed by atoms with Crippen LogP contribution in [-0.2, 0) is 21.2 Å². The fourth-order valence-corrected chi connectivity index (χ4v) is 3.46. The van der Waals surface area contributed by atoms with Crippen molar-refractivity contribution < 1.29 is 17.9 Å². The third-order valence-electron chi connectivity index (χ3n) is 4.45. The van der Waals surface area contributed by atoms with E-state index < -0.39 is 10.0 Å². The molecule has 1 amide bonds. The van der Waals surface area contributed by atoms with Gasteiger partial charge in [-0.2, -0.15) is 4.31 Å². The average molecular weight is 391 g/mol. The van der Waals surface area contributed by atoms with Gasteiger partial charge in [0.25, 0.3) is 0 Å². The molecule has 0 aromatic heterocycles. The van der Waals surface area contributed by atoms with Crippen molar-refractivity contribution in [2.75, 3.05) is 31.8 Å². The van der Waals surface area contributed by atoms with Crippen LogP contribution < -0.4 is 10.1 Å². The smallest absolute Gasteiger partial charge is 0.239 e. The van der Waals surface area contributed by atoms with Crippen LogP contribution in [0.15, 0.2) is 42.5 Å². The molecular weight excluding hydrogens is 364 g/mol. The van der Waals surface area contributed by atoms with Crippen molar-refractivity contribution in [1.29, 1.82) is 0 Å². The molecule has 2 aromatic carbocycles. The first kappa shape index (κ1) is 20.9. The molecule has 0 saturated carbocycles. The van der Waals surface area contributed by atoms with Gasteiger partial charge in [-0.15, -0.1) is 0 Å². The van der Waals surface area contributed by atoms with Crippen LogP contribution in [0.5, 0.6) is 5.75 Å². The minimum atomic E-state index is -3.52. The molecule has 0 aliphatic rings. The van der Waals surface area contributed by atoms with Crippen molar-refractivity contribution in [3.63, 3.8) is 0 Å². The third kappa shape index (κ3) is 6.08. The summed E-state index contributed by atoms with van der Waals surface area (Å²) in [6, 6.07) is 13.1. The van der Waals surface area contributed by atoms with E-state index in [1.54, 1.807) is 13.2 Å². The first-order chi connectivity index (χ1) is 12.7. The Kier molecular flexibility index (Phi) is 6.98. The number of carbonyl (C=O) groups excluding carboxylic acids is 1. The number of benzene rings is 2. The number of amides is 1. The molecule has 0 aliphatic heterocycles. The number of hydrogen-bond donors (Lipinski definition) is 1. The van der Waals surface area contributed by atoms with Gasteiger partial charge in [-0.05, 0) is 55.2 Å².